The third-order valence-corrected chi connectivity index (χ3v) is 14.4. The van der Waals surface area contributed by atoms with Gasteiger partial charge >= 0.3 is 24.1 Å². The van der Waals surface area contributed by atoms with Crippen LogP contribution >= 0.6 is 0 Å². The number of hydrogen-bond donors (Lipinski definition) is 2. The minimum absolute atomic E-state index is 0.143. The summed E-state index contributed by atoms with van der Waals surface area (Å²) in [5.41, 5.74) is -5.45. The molecule has 3 fully saturated rings. The van der Waals surface area contributed by atoms with E-state index in [0.29, 0.717) is 16.7 Å². The van der Waals surface area contributed by atoms with E-state index >= 15 is 4.79 Å². The van der Waals surface area contributed by atoms with E-state index in [1.807, 2.05) is 13.0 Å². The van der Waals surface area contributed by atoms with Crippen LogP contribution in [0.25, 0.3) is 0 Å². The van der Waals surface area contributed by atoms with Gasteiger partial charge in [-0.05, 0) is 67.2 Å². The van der Waals surface area contributed by atoms with Crippen LogP contribution < -0.4 is 5.32 Å². The number of ketones is 1. The van der Waals surface area contributed by atoms with Gasteiger partial charge in [0.15, 0.2) is 17.5 Å². The van der Waals surface area contributed by atoms with E-state index in [9.17, 15) is 29.1 Å². The highest BCUT2D eigenvalue weighted by molar-refractivity contribution is 5.96. The van der Waals surface area contributed by atoms with Crippen molar-refractivity contribution >= 4 is 35.8 Å². The monoisotopic (exact) mass is 865 g/mol. The van der Waals surface area contributed by atoms with Gasteiger partial charge in [-0.2, -0.15) is 0 Å². The second-order valence-corrected chi connectivity index (χ2v) is 18.0. The maximum absolute atomic E-state index is 15.7. The molecule has 3 aromatic rings. The van der Waals surface area contributed by atoms with Crippen LogP contribution in [0, 0.1) is 28.6 Å². The Labute approximate surface area is 366 Å². The molecule has 7 rings (SSSR count). The molecule has 11 atom stereocenters. The van der Waals surface area contributed by atoms with Gasteiger partial charge in [0.1, 0.15) is 23.9 Å². The fourth-order valence-corrected chi connectivity index (χ4v) is 10.6. The van der Waals surface area contributed by atoms with Crippen molar-refractivity contribution in [3.63, 3.8) is 0 Å². The van der Waals surface area contributed by atoms with Gasteiger partial charge < -0.3 is 38.8 Å². The predicted molar refractivity (Wildman–Crippen MR) is 226 cm³/mol. The number of Topliss-reactive ketones (excluding diaryl/α,β-unsaturated/α-hetero) is 1. The Kier molecular flexibility index (Phi) is 12.2. The largest absolute Gasteiger partial charge is 0.508 e. The summed E-state index contributed by atoms with van der Waals surface area (Å²) in [6.07, 6.45) is -6.65. The van der Waals surface area contributed by atoms with E-state index < -0.39 is 106 Å². The highest BCUT2D eigenvalue weighted by Gasteiger charge is 2.78. The van der Waals surface area contributed by atoms with E-state index in [0.717, 1.165) is 7.11 Å². The smallest absolute Gasteiger partial charge is 0.457 e. The second kappa shape index (κ2) is 17.0. The van der Waals surface area contributed by atoms with Gasteiger partial charge in [0.05, 0.1) is 37.2 Å². The number of fused-ring (bicyclic) bond motifs is 5. The SMILES string of the molecule is COC(=O)OC12COC1CC(C)C1(C)C(=O)C(OC(C)=O)C3=C(C)C(OC(=O)C(C)C(NC(=O)c4ccccc4)c4ccccc4)CC(O)(C(OC(=O)c4ccccc4)C21)C3(C)C. The summed E-state index contributed by atoms with van der Waals surface area (Å²) < 4.78 is 36.1. The molecule has 1 amide bonds. The summed E-state index contributed by atoms with van der Waals surface area (Å²) in [5, 5.41) is 16.8. The Balaban J connectivity index is 1.39. The van der Waals surface area contributed by atoms with E-state index in [1.165, 1.54) is 6.92 Å². The molecule has 4 aliphatic rings. The Bertz CT molecular complexity index is 2300. The predicted octanol–water partition coefficient (Wildman–Crippen LogP) is 6.51. The number of esters is 3. The maximum Gasteiger partial charge on any atom is 0.508 e. The van der Waals surface area contributed by atoms with Crippen molar-refractivity contribution in [3.05, 3.63) is 119 Å². The molecule has 334 valence electrons. The Morgan fingerprint density at radius 1 is 0.857 bits per heavy atom. The van der Waals surface area contributed by atoms with E-state index in [1.54, 1.807) is 120 Å². The first-order chi connectivity index (χ1) is 29.8. The van der Waals surface area contributed by atoms with Gasteiger partial charge in [0.25, 0.3) is 5.91 Å². The third-order valence-electron chi connectivity index (χ3n) is 14.4. The number of methoxy groups -OCH3 is 1. The maximum atomic E-state index is 15.7. The summed E-state index contributed by atoms with van der Waals surface area (Å²) in [4.78, 5) is 84.6. The van der Waals surface area contributed by atoms with Crippen molar-refractivity contribution in [1.29, 1.82) is 0 Å². The normalized spacial score (nSPS) is 31.5. The number of amides is 1. The summed E-state index contributed by atoms with van der Waals surface area (Å²) in [5.74, 6) is -6.33. The first kappa shape index (κ1) is 45.2. The number of carbonyl (C=O) groups is 6. The van der Waals surface area contributed by atoms with Gasteiger partial charge in [-0.1, -0.05) is 94.4 Å². The van der Waals surface area contributed by atoms with Crippen molar-refractivity contribution in [2.75, 3.05) is 13.7 Å². The minimum Gasteiger partial charge on any atom is -0.457 e. The zero-order valence-corrected chi connectivity index (χ0v) is 36.7. The highest BCUT2D eigenvalue weighted by Crippen LogP contribution is 2.65. The van der Waals surface area contributed by atoms with Crippen molar-refractivity contribution in [2.24, 2.45) is 28.6 Å². The fraction of sp³-hybridized carbons (Fsp3) is 0.469. The molecular weight excluding hydrogens is 811 g/mol. The molecule has 1 heterocycles. The average Bonchev–Trinajstić information content (AvgIpc) is 3.26. The van der Waals surface area contributed by atoms with Crippen molar-refractivity contribution in [2.45, 2.75) is 103 Å². The molecule has 0 aromatic heterocycles. The lowest BCUT2D eigenvalue weighted by Gasteiger charge is -2.67. The summed E-state index contributed by atoms with van der Waals surface area (Å²) >= 11 is 0. The Hall–Kier alpha value is -5.86. The quantitative estimate of drug-likeness (QED) is 0.128. The molecule has 14 heteroatoms. The van der Waals surface area contributed by atoms with E-state index in [2.05, 4.69) is 5.32 Å². The number of hydrogen-bond acceptors (Lipinski definition) is 13. The summed E-state index contributed by atoms with van der Waals surface area (Å²) in [6, 6.07) is 24.7. The van der Waals surface area contributed by atoms with Crippen LogP contribution in [0.1, 0.15) is 93.6 Å². The first-order valence-corrected chi connectivity index (χ1v) is 21.2. The van der Waals surface area contributed by atoms with Gasteiger partial charge in [0, 0.05) is 29.7 Å². The van der Waals surface area contributed by atoms with Crippen molar-refractivity contribution < 1.29 is 62.3 Å². The number of carbonyl (C=O) groups excluding carboxylic acids is 6. The number of ether oxygens (including phenoxy) is 6. The lowest BCUT2D eigenvalue weighted by Crippen LogP contribution is -2.81. The second-order valence-electron chi connectivity index (χ2n) is 18.0. The van der Waals surface area contributed by atoms with Crippen LogP contribution in [0.15, 0.2) is 102 Å². The van der Waals surface area contributed by atoms with Gasteiger partial charge in [-0.25, -0.2) is 9.59 Å². The van der Waals surface area contributed by atoms with Crippen molar-refractivity contribution in [3.8, 4) is 0 Å². The molecule has 11 unspecified atom stereocenters. The van der Waals surface area contributed by atoms with Crippen molar-refractivity contribution in [1.82, 2.24) is 5.32 Å². The Morgan fingerprint density at radius 2 is 1.44 bits per heavy atom. The van der Waals surface area contributed by atoms with Crippen LogP contribution in [0.4, 0.5) is 4.79 Å². The van der Waals surface area contributed by atoms with Crippen LogP contribution in [0.2, 0.25) is 0 Å². The molecule has 0 radical (unpaired) electrons. The highest BCUT2D eigenvalue weighted by atomic mass is 16.8. The molecule has 2 bridgehead atoms. The van der Waals surface area contributed by atoms with Gasteiger partial charge in [0.2, 0.25) is 0 Å². The molecule has 1 saturated heterocycles. The topological polar surface area (TPSA) is 190 Å². The van der Waals surface area contributed by atoms with Gasteiger partial charge in [-0.15, -0.1) is 0 Å². The summed E-state index contributed by atoms with van der Waals surface area (Å²) in [6.45, 7) is 11.0. The van der Waals surface area contributed by atoms with Crippen LogP contribution in [-0.2, 0) is 42.8 Å². The molecule has 2 saturated carbocycles. The average molecular weight is 866 g/mol. The van der Waals surface area contributed by atoms with Crippen LogP contribution in [0.5, 0.6) is 0 Å². The zero-order chi connectivity index (χ0) is 45.6. The number of nitrogens with one attached hydrogen (secondary N) is 1. The molecule has 14 nitrogen and oxygen atoms in total. The van der Waals surface area contributed by atoms with Crippen LogP contribution in [0.3, 0.4) is 0 Å². The number of aliphatic hydroxyl groups is 1. The molecule has 63 heavy (non-hydrogen) atoms. The summed E-state index contributed by atoms with van der Waals surface area (Å²) in [7, 11) is 1.14. The van der Waals surface area contributed by atoms with Crippen LogP contribution in [-0.4, -0.2) is 90.2 Å². The van der Waals surface area contributed by atoms with Gasteiger partial charge in [-0.3, -0.25) is 19.2 Å². The molecule has 0 spiro atoms. The zero-order valence-electron chi connectivity index (χ0n) is 36.7. The standard InChI is InChI=1S/C49H55NO13/c1-27-24-35-48(26-59-35,63-45(56)58-8)39-41(62-44(55)33-22-16-11-17-23-33)49(57)25-34(28(2)36(46(49,5)6)38(60-30(4)51)40(52)47(27,39)7)61-43(54)29(3)37(31-18-12-9-13-19-31)50-42(53)32-20-14-10-15-21-32/h9-23,27,29,34-35,37-39,41,57H,24-26H2,1-8H3,(H,50,53). The first-order valence-electron chi connectivity index (χ1n) is 21.2. The number of benzene rings is 3. The lowest BCUT2D eigenvalue weighted by molar-refractivity contribution is -0.338. The Morgan fingerprint density at radius 3 is 2.00 bits per heavy atom. The number of rotatable bonds is 10. The third kappa shape index (κ3) is 7.60. The minimum atomic E-state index is -2.24. The van der Waals surface area contributed by atoms with E-state index in [-0.39, 0.29) is 30.6 Å². The molecule has 3 aliphatic carbocycles. The lowest BCUT2D eigenvalue weighted by atomic mass is 9.43. The fourth-order valence-electron chi connectivity index (χ4n) is 10.6. The molecule has 3 aromatic carbocycles. The molecule has 2 N–H and O–H groups in total. The molecular formula is C49H55NO13. The van der Waals surface area contributed by atoms with E-state index in [4.69, 9.17) is 28.4 Å². The molecule has 1 aliphatic heterocycles.